The number of fused-ring (bicyclic) bond motifs is 1. The van der Waals surface area contributed by atoms with Gasteiger partial charge < -0.3 is 41.2 Å². The molecule has 6 N–H and O–H groups in total. The number of hydrogen-bond donors (Lipinski definition) is 6. The summed E-state index contributed by atoms with van der Waals surface area (Å²) in [5.74, 6) is -1.68. The van der Waals surface area contributed by atoms with Crippen molar-refractivity contribution in [2.45, 2.75) is 39.2 Å². The average Bonchev–Trinajstić information content (AvgIpc) is 3.72. The van der Waals surface area contributed by atoms with Crippen molar-refractivity contribution in [3.8, 4) is 0 Å². The van der Waals surface area contributed by atoms with Crippen LogP contribution in [0.5, 0.6) is 0 Å². The van der Waals surface area contributed by atoms with Crippen LogP contribution in [0.3, 0.4) is 0 Å². The first-order valence-corrected chi connectivity index (χ1v) is 16.7. The van der Waals surface area contributed by atoms with Crippen molar-refractivity contribution in [2.75, 3.05) is 77.3 Å². The number of benzene rings is 1. The lowest BCUT2D eigenvalue weighted by Gasteiger charge is -2.34. The second kappa shape index (κ2) is 16.2. The molecule has 0 radical (unpaired) electrons. The Kier molecular flexibility index (Phi) is 11.8. The minimum Gasteiger partial charge on any atom is -0.391 e. The number of aromatic nitrogens is 1. The Balaban J connectivity index is 0.960. The fourth-order valence-electron chi connectivity index (χ4n) is 6.39. The molecular weight excluding hydrogens is 635 g/mol. The number of rotatable bonds is 13. The summed E-state index contributed by atoms with van der Waals surface area (Å²) in [6.45, 7) is 9.01. The van der Waals surface area contributed by atoms with E-state index in [-0.39, 0.29) is 55.6 Å². The fourth-order valence-corrected chi connectivity index (χ4v) is 6.39. The average molecular weight is 681 g/mol. The van der Waals surface area contributed by atoms with Crippen LogP contribution in [0.4, 0.5) is 10.1 Å². The number of nitrogens with one attached hydrogen (secondary N) is 5. The molecule has 49 heavy (non-hydrogen) atoms. The third kappa shape index (κ3) is 9.31. The molecular formula is C34H45FN8O6. The molecule has 0 unspecified atom stereocenters. The van der Waals surface area contributed by atoms with Gasteiger partial charge in [0.25, 0.3) is 11.8 Å². The molecule has 0 aliphatic carbocycles. The van der Waals surface area contributed by atoms with Crippen LogP contribution in [0.15, 0.2) is 18.2 Å². The summed E-state index contributed by atoms with van der Waals surface area (Å²) in [5.41, 5.74) is 3.88. The molecule has 2 saturated heterocycles. The summed E-state index contributed by atoms with van der Waals surface area (Å²) < 4.78 is 13.8. The van der Waals surface area contributed by atoms with Crippen LogP contribution in [0.25, 0.3) is 11.6 Å². The Hall–Kier alpha value is -4.60. The van der Waals surface area contributed by atoms with Crippen molar-refractivity contribution in [1.29, 1.82) is 0 Å². The highest BCUT2D eigenvalue weighted by Gasteiger charge is 2.27. The molecule has 5 amide bonds. The zero-order chi connectivity index (χ0) is 35.1. The number of piperazine rings is 1. The second-order valence-corrected chi connectivity index (χ2v) is 12.8. The predicted molar refractivity (Wildman–Crippen MR) is 181 cm³/mol. The maximum atomic E-state index is 13.8. The van der Waals surface area contributed by atoms with E-state index in [1.165, 1.54) is 23.1 Å². The highest BCUT2D eigenvalue weighted by Crippen LogP contribution is 2.34. The van der Waals surface area contributed by atoms with Crippen LogP contribution >= 0.6 is 0 Å². The third-order valence-electron chi connectivity index (χ3n) is 9.15. The van der Waals surface area contributed by atoms with Gasteiger partial charge in [-0.15, -0.1) is 0 Å². The van der Waals surface area contributed by atoms with Gasteiger partial charge in [0.2, 0.25) is 17.7 Å². The van der Waals surface area contributed by atoms with Crippen molar-refractivity contribution >= 4 is 46.9 Å². The van der Waals surface area contributed by atoms with E-state index in [2.05, 4.69) is 36.1 Å². The Morgan fingerprint density at radius 1 is 1.00 bits per heavy atom. The summed E-state index contributed by atoms with van der Waals surface area (Å²) in [7, 11) is 0. The number of carbonyl (C=O) groups is 5. The molecule has 0 spiro atoms. The van der Waals surface area contributed by atoms with Crippen LogP contribution in [-0.2, 0) is 19.2 Å². The van der Waals surface area contributed by atoms with Crippen LogP contribution in [0.2, 0.25) is 0 Å². The van der Waals surface area contributed by atoms with Crippen molar-refractivity contribution in [3.05, 3.63) is 52.1 Å². The largest absolute Gasteiger partial charge is 0.391 e. The van der Waals surface area contributed by atoms with Gasteiger partial charge in [0.05, 0.1) is 30.3 Å². The van der Waals surface area contributed by atoms with Crippen LogP contribution in [0.1, 0.15) is 52.1 Å². The number of nitrogens with zero attached hydrogens (tertiary/aromatic N) is 3. The van der Waals surface area contributed by atoms with Gasteiger partial charge in [0.15, 0.2) is 0 Å². The molecule has 0 saturated carbocycles. The molecule has 1 aromatic heterocycles. The quantitative estimate of drug-likeness (QED) is 0.129. The van der Waals surface area contributed by atoms with Crippen molar-refractivity contribution in [2.24, 2.45) is 0 Å². The van der Waals surface area contributed by atoms with E-state index in [0.29, 0.717) is 65.4 Å². The Morgan fingerprint density at radius 2 is 1.76 bits per heavy atom. The number of amides is 5. The van der Waals surface area contributed by atoms with Crippen molar-refractivity contribution in [3.63, 3.8) is 0 Å². The summed E-state index contributed by atoms with van der Waals surface area (Å²) >= 11 is 0. The highest BCUT2D eigenvalue weighted by atomic mass is 19.1. The standard InChI is InChI=1S/C34H45FN8O6/c1-21-28(17-26-25-16-23(35)4-5-27(25)40-33(26)48)39-22(2)32(21)34(49)37-8-3-10-41-12-14-42(15-13-41)20-30(46)36-9-6-29(45)38-18-31(47)43-11-7-24(44)19-43/h4-5,16-17,24,39,44H,3,6-15,18-20H2,1-2H3,(H,36,46)(H,37,49)(H,38,45)(H,40,48)/b26-17-/t24-/m1/s1. The smallest absolute Gasteiger partial charge is 0.256 e. The van der Waals surface area contributed by atoms with E-state index in [1.807, 2.05) is 6.92 Å². The van der Waals surface area contributed by atoms with Crippen LogP contribution < -0.4 is 21.3 Å². The lowest BCUT2D eigenvalue weighted by molar-refractivity contribution is -0.132. The molecule has 14 nitrogen and oxygen atoms in total. The molecule has 3 aliphatic heterocycles. The molecule has 1 atom stereocenters. The fraction of sp³-hybridized carbons (Fsp3) is 0.500. The van der Waals surface area contributed by atoms with Gasteiger partial charge in [-0.2, -0.15) is 0 Å². The third-order valence-corrected chi connectivity index (χ3v) is 9.15. The van der Waals surface area contributed by atoms with E-state index >= 15 is 0 Å². The molecule has 3 aliphatic rings. The zero-order valence-corrected chi connectivity index (χ0v) is 28.0. The number of hydrogen-bond acceptors (Lipinski definition) is 8. The van der Waals surface area contributed by atoms with E-state index in [1.54, 1.807) is 13.0 Å². The van der Waals surface area contributed by atoms with E-state index < -0.39 is 11.9 Å². The first-order chi connectivity index (χ1) is 23.5. The van der Waals surface area contributed by atoms with E-state index in [4.69, 9.17) is 0 Å². The first kappa shape index (κ1) is 35.7. The molecule has 264 valence electrons. The van der Waals surface area contributed by atoms with Gasteiger partial charge in [-0.1, -0.05) is 0 Å². The maximum absolute atomic E-state index is 13.8. The van der Waals surface area contributed by atoms with Gasteiger partial charge in [-0.3, -0.25) is 28.9 Å². The molecule has 5 rings (SSSR count). The number of β-amino-alcohol motifs (C(OH)–C–C–N with tert-alkyl or cyclic N) is 1. The lowest BCUT2D eigenvalue weighted by atomic mass is 10.0. The number of anilines is 1. The Labute approximate surface area is 284 Å². The minimum absolute atomic E-state index is 0.0738. The second-order valence-electron chi connectivity index (χ2n) is 12.8. The summed E-state index contributed by atoms with van der Waals surface area (Å²) in [6, 6.07) is 4.14. The molecule has 2 fully saturated rings. The zero-order valence-electron chi connectivity index (χ0n) is 28.0. The predicted octanol–water partition coefficient (Wildman–Crippen LogP) is 0.217. The van der Waals surface area contributed by atoms with E-state index in [0.717, 1.165) is 39.1 Å². The number of aliphatic hydroxyl groups is 1. The molecule has 4 heterocycles. The number of halogens is 1. The lowest BCUT2D eigenvalue weighted by Crippen LogP contribution is -2.50. The first-order valence-electron chi connectivity index (χ1n) is 16.7. The molecule has 1 aromatic carbocycles. The van der Waals surface area contributed by atoms with Crippen molar-refractivity contribution < 1.29 is 33.5 Å². The highest BCUT2D eigenvalue weighted by molar-refractivity contribution is 6.35. The van der Waals surface area contributed by atoms with Crippen LogP contribution in [0, 0.1) is 19.7 Å². The molecule has 0 bridgehead atoms. The number of aryl methyl sites for hydroxylation is 1. The Bertz CT molecular complexity index is 1620. The topological polar surface area (TPSA) is 179 Å². The number of carbonyl (C=O) groups excluding carboxylic acids is 5. The summed E-state index contributed by atoms with van der Waals surface area (Å²) in [4.78, 5) is 71.2. The van der Waals surface area contributed by atoms with Gasteiger partial charge >= 0.3 is 0 Å². The Morgan fingerprint density at radius 3 is 2.49 bits per heavy atom. The number of aliphatic hydroxyl groups excluding tert-OH is 1. The normalized spacial score (nSPS) is 18.8. The van der Waals surface area contributed by atoms with Gasteiger partial charge in [-0.05, 0) is 63.1 Å². The minimum atomic E-state index is -0.506. The number of aromatic amines is 1. The number of H-pyrrole nitrogens is 1. The maximum Gasteiger partial charge on any atom is 0.256 e. The van der Waals surface area contributed by atoms with Crippen molar-refractivity contribution in [1.82, 2.24) is 35.6 Å². The van der Waals surface area contributed by atoms with Gasteiger partial charge in [0.1, 0.15) is 5.82 Å². The SMILES string of the molecule is Cc1[nH]c(/C=C2\C(=O)Nc3ccc(F)cc32)c(C)c1C(=O)NCCCN1CCN(CC(=O)NCCC(=O)NCC(=O)N2CC[C@@H](O)C2)CC1. The summed E-state index contributed by atoms with van der Waals surface area (Å²) in [6.07, 6.45) is 2.52. The number of likely N-dealkylation sites (tertiary alicyclic amines) is 1. The summed E-state index contributed by atoms with van der Waals surface area (Å²) in [5, 5.41) is 20.6. The monoisotopic (exact) mass is 680 g/mol. The van der Waals surface area contributed by atoms with Gasteiger partial charge in [-0.25, -0.2) is 4.39 Å². The van der Waals surface area contributed by atoms with Gasteiger partial charge in [0, 0.05) is 81.4 Å². The molecule has 2 aromatic rings. The molecule has 15 heteroatoms. The van der Waals surface area contributed by atoms with E-state index in [9.17, 15) is 33.5 Å². The van der Waals surface area contributed by atoms with Crippen LogP contribution in [-0.4, -0.2) is 132 Å².